The summed E-state index contributed by atoms with van der Waals surface area (Å²) in [5.74, 6) is -1.45. The molecule has 2 amide bonds. The van der Waals surface area contributed by atoms with Crippen molar-refractivity contribution in [3.05, 3.63) is 94.5 Å². The van der Waals surface area contributed by atoms with Gasteiger partial charge in [0.05, 0.1) is 10.6 Å². The third-order valence-electron chi connectivity index (χ3n) is 4.68. The Hall–Kier alpha value is -3.84. The first-order chi connectivity index (χ1) is 15.3. The zero-order chi connectivity index (χ0) is 23.1. The van der Waals surface area contributed by atoms with Gasteiger partial charge in [-0.3, -0.25) is 10.1 Å². The number of benzene rings is 3. The maximum atomic E-state index is 12.4. The van der Waals surface area contributed by atoms with E-state index in [0.717, 1.165) is 5.56 Å². The first-order valence-corrected chi connectivity index (χ1v) is 10.1. The van der Waals surface area contributed by atoms with Crippen molar-refractivity contribution in [1.82, 2.24) is 5.32 Å². The van der Waals surface area contributed by atoms with Gasteiger partial charge in [0.1, 0.15) is 11.8 Å². The van der Waals surface area contributed by atoms with E-state index in [0.29, 0.717) is 17.0 Å². The quantitative estimate of drug-likeness (QED) is 0.482. The number of aryl methyl sites for hydroxylation is 1. The van der Waals surface area contributed by atoms with Crippen LogP contribution in [0.1, 0.15) is 21.5 Å². The molecule has 32 heavy (non-hydrogen) atoms. The van der Waals surface area contributed by atoms with Crippen molar-refractivity contribution in [3.8, 4) is 5.75 Å². The van der Waals surface area contributed by atoms with Crippen molar-refractivity contribution in [2.45, 2.75) is 19.4 Å². The fourth-order valence-corrected chi connectivity index (χ4v) is 3.19. The highest BCUT2D eigenvalue weighted by Crippen LogP contribution is 2.18. The summed E-state index contributed by atoms with van der Waals surface area (Å²) < 4.78 is 5.27. The molecule has 0 heterocycles. The molecule has 3 aromatic carbocycles. The summed E-state index contributed by atoms with van der Waals surface area (Å²) in [6.45, 7) is 1.87. The molecular weight excluding hydrogens is 432 g/mol. The lowest BCUT2D eigenvalue weighted by Crippen LogP contribution is -2.42. The van der Waals surface area contributed by atoms with E-state index in [4.69, 9.17) is 16.3 Å². The molecule has 0 aromatic heterocycles. The first-order valence-electron chi connectivity index (χ1n) is 9.75. The highest BCUT2D eigenvalue weighted by Gasteiger charge is 2.22. The predicted octanol–water partition coefficient (Wildman–Crippen LogP) is 4.69. The average molecular weight is 453 g/mol. The molecule has 0 spiro atoms. The van der Waals surface area contributed by atoms with Gasteiger partial charge in [-0.2, -0.15) is 0 Å². The van der Waals surface area contributed by atoms with Gasteiger partial charge in [-0.05, 0) is 48.4 Å². The standard InChI is InChI=1S/C24H21ClN2O5/c1-15-6-2-5-9-20(15)27-24(31)32-17-12-10-16(11-13-17)14-21(23(29)30)26-22(28)18-7-3-4-8-19(18)25/h2-13,21H,14H2,1H3,(H,26,28)(H,27,31)(H,29,30)/t21-/m0/s1. The average Bonchev–Trinajstić information content (AvgIpc) is 2.76. The van der Waals surface area contributed by atoms with Gasteiger partial charge < -0.3 is 15.2 Å². The summed E-state index contributed by atoms with van der Waals surface area (Å²) in [7, 11) is 0. The molecule has 3 aromatic rings. The normalized spacial score (nSPS) is 11.3. The topological polar surface area (TPSA) is 105 Å². The number of para-hydroxylation sites is 1. The molecule has 7 nitrogen and oxygen atoms in total. The summed E-state index contributed by atoms with van der Waals surface area (Å²) in [4.78, 5) is 36.1. The van der Waals surface area contributed by atoms with E-state index in [-0.39, 0.29) is 17.0 Å². The zero-order valence-corrected chi connectivity index (χ0v) is 17.9. The van der Waals surface area contributed by atoms with Gasteiger partial charge in [0, 0.05) is 12.1 Å². The molecule has 0 bridgehead atoms. The van der Waals surface area contributed by atoms with Crippen molar-refractivity contribution < 1.29 is 24.2 Å². The number of aliphatic carboxylic acids is 1. The number of ether oxygens (including phenoxy) is 1. The molecule has 0 fully saturated rings. The summed E-state index contributed by atoms with van der Waals surface area (Å²) >= 11 is 6.01. The lowest BCUT2D eigenvalue weighted by molar-refractivity contribution is -0.139. The SMILES string of the molecule is Cc1ccccc1NC(=O)Oc1ccc(C[C@H](NC(=O)c2ccccc2Cl)C(=O)O)cc1. The monoisotopic (exact) mass is 452 g/mol. The Kier molecular flexibility index (Phi) is 7.46. The molecule has 0 saturated heterocycles. The number of halogens is 1. The third kappa shape index (κ3) is 6.09. The molecule has 0 unspecified atom stereocenters. The van der Waals surface area contributed by atoms with Crippen molar-refractivity contribution in [2.24, 2.45) is 0 Å². The highest BCUT2D eigenvalue weighted by atomic mass is 35.5. The van der Waals surface area contributed by atoms with E-state index in [1.807, 2.05) is 19.1 Å². The molecule has 0 radical (unpaired) electrons. The van der Waals surface area contributed by atoms with E-state index >= 15 is 0 Å². The minimum atomic E-state index is -1.18. The number of rotatable bonds is 7. The van der Waals surface area contributed by atoms with Gasteiger partial charge in [0.15, 0.2) is 0 Å². The van der Waals surface area contributed by atoms with Crippen LogP contribution in [-0.2, 0) is 11.2 Å². The Morgan fingerprint density at radius 1 is 0.969 bits per heavy atom. The van der Waals surface area contributed by atoms with Crippen molar-refractivity contribution in [3.63, 3.8) is 0 Å². The maximum Gasteiger partial charge on any atom is 0.417 e. The fraction of sp³-hybridized carbons (Fsp3) is 0.125. The fourth-order valence-electron chi connectivity index (χ4n) is 2.97. The van der Waals surface area contributed by atoms with Gasteiger partial charge in [0.2, 0.25) is 0 Å². The second-order valence-corrected chi connectivity index (χ2v) is 7.43. The highest BCUT2D eigenvalue weighted by molar-refractivity contribution is 6.33. The lowest BCUT2D eigenvalue weighted by Gasteiger charge is -2.15. The summed E-state index contributed by atoms with van der Waals surface area (Å²) in [5, 5.41) is 14.9. The van der Waals surface area contributed by atoms with Gasteiger partial charge in [-0.25, -0.2) is 9.59 Å². The first kappa shape index (κ1) is 22.8. The van der Waals surface area contributed by atoms with Gasteiger partial charge in [-0.15, -0.1) is 0 Å². The largest absolute Gasteiger partial charge is 0.480 e. The van der Waals surface area contributed by atoms with Crippen molar-refractivity contribution >= 4 is 35.3 Å². The van der Waals surface area contributed by atoms with Crippen LogP contribution in [0.2, 0.25) is 5.02 Å². The number of carbonyl (C=O) groups excluding carboxylic acids is 2. The Morgan fingerprint density at radius 3 is 2.28 bits per heavy atom. The van der Waals surface area contributed by atoms with Crippen LogP contribution in [0, 0.1) is 6.92 Å². The number of carboxylic acid groups (broad SMARTS) is 1. The van der Waals surface area contributed by atoms with Gasteiger partial charge in [0.25, 0.3) is 5.91 Å². The van der Waals surface area contributed by atoms with E-state index in [1.165, 1.54) is 6.07 Å². The van der Waals surface area contributed by atoms with Crippen LogP contribution in [-0.4, -0.2) is 29.1 Å². The lowest BCUT2D eigenvalue weighted by atomic mass is 10.1. The smallest absolute Gasteiger partial charge is 0.417 e. The molecule has 3 rings (SSSR count). The van der Waals surface area contributed by atoms with Crippen LogP contribution >= 0.6 is 11.6 Å². The third-order valence-corrected chi connectivity index (χ3v) is 5.01. The maximum absolute atomic E-state index is 12.4. The molecule has 0 saturated carbocycles. The number of hydrogen-bond acceptors (Lipinski definition) is 4. The second-order valence-electron chi connectivity index (χ2n) is 7.02. The molecule has 0 aliphatic heterocycles. The minimum absolute atomic E-state index is 0.0429. The van der Waals surface area contributed by atoms with Gasteiger partial charge >= 0.3 is 12.1 Å². The van der Waals surface area contributed by atoms with E-state index in [9.17, 15) is 19.5 Å². The molecule has 164 valence electrons. The van der Waals surface area contributed by atoms with E-state index < -0.39 is 24.0 Å². The van der Waals surface area contributed by atoms with Gasteiger partial charge in [-0.1, -0.05) is 54.1 Å². The van der Waals surface area contributed by atoms with Crippen molar-refractivity contribution in [1.29, 1.82) is 0 Å². The minimum Gasteiger partial charge on any atom is -0.480 e. The number of nitrogens with one attached hydrogen (secondary N) is 2. The molecular formula is C24H21ClN2O5. The zero-order valence-electron chi connectivity index (χ0n) is 17.2. The Labute approximate surface area is 190 Å². The number of carbonyl (C=O) groups is 3. The van der Waals surface area contributed by atoms with E-state index in [2.05, 4.69) is 10.6 Å². The van der Waals surface area contributed by atoms with Crippen LogP contribution in [0.5, 0.6) is 5.75 Å². The summed E-state index contributed by atoms with van der Waals surface area (Å²) in [5.41, 5.74) is 2.39. The second kappa shape index (κ2) is 10.5. The number of carboxylic acids is 1. The molecule has 0 aliphatic carbocycles. The van der Waals surface area contributed by atoms with E-state index in [1.54, 1.807) is 54.6 Å². The molecule has 8 heteroatoms. The van der Waals surface area contributed by atoms with Crippen LogP contribution < -0.4 is 15.4 Å². The van der Waals surface area contributed by atoms with Crippen LogP contribution in [0.15, 0.2) is 72.8 Å². The Morgan fingerprint density at radius 2 is 1.62 bits per heavy atom. The summed E-state index contributed by atoms with van der Waals surface area (Å²) in [6.07, 6.45) is -0.594. The summed E-state index contributed by atoms with van der Waals surface area (Å²) in [6, 6.07) is 18.9. The van der Waals surface area contributed by atoms with Crippen LogP contribution in [0.4, 0.5) is 10.5 Å². The van der Waals surface area contributed by atoms with Crippen molar-refractivity contribution in [2.75, 3.05) is 5.32 Å². The predicted molar refractivity (Wildman–Crippen MR) is 121 cm³/mol. The molecule has 1 atom stereocenters. The molecule has 0 aliphatic rings. The number of hydrogen-bond donors (Lipinski definition) is 3. The van der Waals surface area contributed by atoms with Crippen LogP contribution in [0.25, 0.3) is 0 Å². The van der Waals surface area contributed by atoms with Crippen LogP contribution in [0.3, 0.4) is 0 Å². The Balaban J connectivity index is 1.61. The number of amides is 2. The molecule has 3 N–H and O–H groups in total. The Bertz CT molecular complexity index is 1130. The number of anilines is 1.